The van der Waals surface area contributed by atoms with Crippen molar-refractivity contribution in [2.24, 2.45) is 7.05 Å². The second-order valence-electron chi connectivity index (χ2n) is 6.88. The molecule has 9 nitrogen and oxygen atoms in total. The highest BCUT2D eigenvalue weighted by molar-refractivity contribution is 7.89. The zero-order valence-corrected chi connectivity index (χ0v) is 16.0. The van der Waals surface area contributed by atoms with Crippen molar-refractivity contribution >= 4 is 21.8 Å². The first-order valence-electron chi connectivity index (χ1n) is 8.84. The molecule has 2 fully saturated rings. The Kier molecular flexibility index (Phi) is 5.33. The average molecular weight is 383 g/mol. The Bertz CT molecular complexity index is 776. The van der Waals surface area contributed by atoms with Crippen LogP contribution in [0.15, 0.2) is 11.2 Å². The third-order valence-corrected chi connectivity index (χ3v) is 6.79. The first-order chi connectivity index (χ1) is 12.3. The van der Waals surface area contributed by atoms with E-state index in [-0.39, 0.29) is 42.4 Å². The number of carbonyl (C=O) groups is 2. The van der Waals surface area contributed by atoms with E-state index in [2.05, 4.69) is 10.3 Å². The Balaban J connectivity index is 1.56. The van der Waals surface area contributed by atoms with Gasteiger partial charge < -0.3 is 14.8 Å². The van der Waals surface area contributed by atoms with Crippen molar-refractivity contribution in [3.63, 3.8) is 0 Å². The van der Waals surface area contributed by atoms with Gasteiger partial charge in [0.1, 0.15) is 5.82 Å². The van der Waals surface area contributed by atoms with Crippen molar-refractivity contribution in [2.45, 2.75) is 43.7 Å². The summed E-state index contributed by atoms with van der Waals surface area (Å²) in [5.74, 6) is 0.588. The first-order valence-corrected chi connectivity index (χ1v) is 10.3. The van der Waals surface area contributed by atoms with Gasteiger partial charge in [-0.1, -0.05) is 0 Å². The molecular weight excluding hydrogens is 358 g/mol. The molecule has 2 aliphatic heterocycles. The van der Waals surface area contributed by atoms with Gasteiger partial charge in [-0.25, -0.2) is 13.4 Å². The first kappa shape index (κ1) is 18.8. The van der Waals surface area contributed by atoms with Gasteiger partial charge in [-0.05, 0) is 19.8 Å². The lowest BCUT2D eigenvalue weighted by Crippen LogP contribution is -2.52. The van der Waals surface area contributed by atoms with E-state index in [0.717, 1.165) is 12.8 Å². The van der Waals surface area contributed by atoms with Crippen LogP contribution >= 0.6 is 0 Å². The molecular formula is C16H25N5O4S. The average Bonchev–Trinajstić information content (AvgIpc) is 2.95. The lowest BCUT2D eigenvalue weighted by molar-refractivity contribution is -0.133. The van der Waals surface area contributed by atoms with Gasteiger partial charge in [0.2, 0.25) is 11.8 Å². The van der Waals surface area contributed by atoms with Gasteiger partial charge in [0.05, 0.1) is 0 Å². The number of imidazole rings is 1. The van der Waals surface area contributed by atoms with Crippen LogP contribution < -0.4 is 5.32 Å². The lowest BCUT2D eigenvalue weighted by atomic mass is 10.0. The number of hydrogen-bond acceptors (Lipinski definition) is 5. The van der Waals surface area contributed by atoms with E-state index in [1.807, 2.05) is 0 Å². The maximum absolute atomic E-state index is 12.7. The van der Waals surface area contributed by atoms with E-state index in [4.69, 9.17) is 0 Å². The van der Waals surface area contributed by atoms with E-state index >= 15 is 0 Å². The number of carbonyl (C=O) groups excluding carboxylic acids is 2. The highest BCUT2D eigenvalue weighted by Crippen LogP contribution is 2.18. The summed E-state index contributed by atoms with van der Waals surface area (Å²) in [6.07, 6.45) is 3.92. The molecule has 0 bridgehead atoms. The molecule has 10 heteroatoms. The molecule has 3 heterocycles. The van der Waals surface area contributed by atoms with Crippen molar-refractivity contribution in [3.8, 4) is 0 Å². The quantitative estimate of drug-likeness (QED) is 0.763. The van der Waals surface area contributed by atoms with E-state index in [1.165, 1.54) is 10.5 Å². The maximum Gasteiger partial charge on any atom is 0.262 e. The fourth-order valence-corrected chi connectivity index (χ4v) is 4.78. The number of nitrogens with zero attached hydrogens (tertiary/aromatic N) is 4. The zero-order valence-electron chi connectivity index (χ0n) is 15.1. The highest BCUT2D eigenvalue weighted by atomic mass is 32.2. The van der Waals surface area contributed by atoms with Gasteiger partial charge in [0.15, 0.2) is 5.03 Å². The van der Waals surface area contributed by atoms with Crippen LogP contribution in [0.4, 0.5) is 0 Å². The number of aryl methyl sites for hydroxylation is 2. The molecule has 1 aromatic rings. The molecule has 2 aliphatic rings. The summed E-state index contributed by atoms with van der Waals surface area (Å²) >= 11 is 0. The second kappa shape index (κ2) is 7.36. The molecule has 0 radical (unpaired) electrons. The minimum absolute atomic E-state index is 0.00406. The molecule has 1 N–H and O–H groups in total. The van der Waals surface area contributed by atoms with Crippen molar-refractivity contribution in [1.29, 1.82) is 0 Å². The number of sulfonamides is 1. The number of rotatable bonds is 4. The Morgan fingerprint density at radius 2 is 2.00 bits per heavy atom. The summed E-state index contributed by atoms with van der Waals surface area (Å²) in [7, 11) is -1.89. The van der Waals surface area contributed by atoms with Crippen LogP contribution in [0.2, 0.25) is 0 Å². The van der Waals surface area contributed by atoms with Gasteiger partial charge in [-0.15, -0.1) is 0 Å². The van der Waals surface area contributed by atoms with Crippen LogP contribution in [0.1, 0.15) is 31.5 Å². The van der Waals surface area contributed by atoms with Crippen LogP contribution in [0.25, 0.3) is 0 Å². The Labute approximate surface area is 153 Å². The molecule has 1 aromatic heterocycles. The van der Waals surface area contributed by atoms with Crippen molar-refractivity contribution in [3.05, 3.63) is 12.0 Å². The SMILES string of the molecule is Cc1nc(S(=O)(=O)N2CCN(C(=O)CC3CCCC(=O)N3)CC2)cn1C. The van der Waals surface area contributed by atoms with E-state index in [0.29, 0.717) is 25.3 Å². The number of piperazine rings is 1. The minimum Gasteiger partial charge on any atom is -0.353 e. The molecule has 0 aromatic carbocycles. The summed E-state index contributed by atoms with van der Waals surface area (Å²) in [6.45, 7) is 2.95. The van der Waals surface area contributed by atoms with Crippen molar-refractivity contribution in [1.82, 2.24) is 24.1 Å². The molecule has 26 heavy (non-hydrogen) atoms. The van der Waals surface area contributed by atoms with Crippen LogP contribution in [0.3, 0.4) is 0 Å². The number of hydrogen-bond donors (Lipinski definition) is 1. The fraction of sp³-hybridized carbons (Fsp3) is 0.688. The fourth-order valence-electron chi connectivity index (χ4n) is 3.33. The van der Waals surface area contributed by atoms with Crippen molar-refractivity contribution < 1.29 is 18.0 Å². The third-order valence-electron chi connectivity index (χ3n) is 5.02. The number of aromatic nitrogens is 2. The van der Waals surface area contributed by atoms with Gasteiger partial charge in [0, 0.05) is 58.3 Å². The number of piperidine rings is 1. The van der Waals surface area contributed by atoms with Crippen LogP contribution in [-0.2, 0) is 26.7 Å². The molecule has 2 saturated heterocycles. The van der Waals surface area contributed by atoms with Crippen molar-refractivity contribution in [2.75, 3.05) is 26.2 Å². The molecule has 0 saturated carbocycles. The Morgan fingerprint density at radius 1 is 1.31 bits per heavy atom. The summed E-state index contributed by atoms with van der Waals surface area (Å²) in [5, 5.41) is 2.89. The molecule has 1 atom stereocenters. The third kappa shape index (κ3) is 3.90. The molecule has 0 aliphatic carbocycles. The zero-order chi connectivity index (χ0) is 18.9. The topological polar surface area (TPSA) is 105 Å². The molecule has 1 unspecified atom stereocenters. The van der Waals surface area contributed by atoms with E-state index in [9.17, 15) is 18.0 Å². The highest BCUT2D eigenvalue weighted by Gasteiger charge is 2.32. The predicted molar refractivity (Wildman–Crippen MR) is 93.7 cm³/mol. The van der Waals surface area contributed by atoms with Gasteiger partial charge in [-0.3, -0.25) is 9.59 Å². The van der Waals surface area contributed by atoms with Gasteiger partial charge >= 0.3 is 0 Å². The monoisotopic (exact) mass is 383 g/mol. The molecule has 2 amide bonds. The van der Waals surface area contributed by atoms with Gasteiger partial charge in [-0.2, -0.15) is 4.31 Å². The van der Waals surface area contributed by atoms with Crippen LogP contribution in [-0.4, -0.2) is 71.2 Å². The summed E-state index contributed by atoms with van der Waals surface area (Å²) < 4.78 is 28.4. The Hall–Kier alpha value is -1.94. The summed E-state index contributed by atoms with van der Waals surface area (Å²) in [5.41, 5.74) is 0. The largest absolute Gasteiger partial charge is 0.353 e. The number of amides is 2. The smallest absolute Gasteiger partial charge is 0.262 e. The van der Waals surface area contributed by atoms with Crippen LogP contribution in [0, 0.1) is 6.92 Å². The minimum atomic E-state index is -3.64. The number of nitrogens with one attached hydrogen (secondary N) is 1. The predicted octanol–water partition coefficient (Wildman–Crippen LogP) is -0.380. The molecule has 3 rings (SSSR count). The van der Waals surface area contributed by atoms with E-state index in [1.54, 1.807) is 23.4 Å². The van der Waals surface area contributed by atoms with Gasteiger partial charge in [0.25, 0.3) is 10.0 Å². The molecule has 0 spiro atoms. The standard InChI is InChI=1S/C16H25N5O4S/c1-12-17-15(11-19(12)2)26(24,25)21-8-6-20(7-9-21)16(23)10-13-4-3-5-14(22)18-13/h11,13H,3-10H2,1-2H3,(H,18,22). The Morgan fingerprint density at radius 3 is 2.58 bits per heavy atom. The van der Waals surface area contributed by atoms with Crippen LogP contribution in [0.5, 0.6) is 0 Å². The lowest BCUT2D eigenvalue weighted by Gasteiger charge is -2.34. The normalized spacial score (nSPS) is 22.3. The molecule has 144 valence electrons. The summed E-state index contributed by atoms with van der Waals surface area (Å²) in [4.78, 5) is 29.7. The van der Waals surface area contributed by atoms with E-state index < -0.39 is 10.0 Å². The maximum atomic E-state index is 12.7. The summed E-state index contributed by atoms with van der Waals surface area (Å²) in [6, 6.07) is -0.109. The second-order valence-corrected chi connectivity index (χ2v) is 8.77.